The Hall–Kier alpha value is -1.44. The van der Waals surface area contributed by atoms with Crippen LogP contribution < -0.4 is 0 Å². The predicted molar refractivity (Wildman–Crippen MR) is 87.6 cm³/mol. The van der Waals surface area contributed by atoms with Gasteiger partial charge in [-0.25, -0.2) is 0 Å². The highest BCUT2D eigenvalue weighted by Crippen LogP contribution is 2.15. The maximum Gasteiger partial charge on any atom is 0.253 e. The molecular formula is C17H21NO2S. The third kappa shape index (κ3) is 4.80. The second-order valence-electron chi connectivity index (χ2n) is 5.12. The number of aryl methyl sites for hydroxylation is 1. The first-order valence-electron chi connectivity index (χ1n) is 7.29. The lowest BCUT2D eigenvalue weighted by Gasteiger charge is -2.20. The number of thioether (sulfide) groups is 1. The third-order valence-electron chi connectivity index (χ3n) is 3.30. The maximum absolute atomic E-state index is 12.6. The molecule has 0 unspecified atom stereocenters. The zero-order chi connectivity index (χ0) is 15.1. The van der Waals surface area contributed by atoms with E-state index >= 15 is 0 Å². The minimum absolute atomic E-state index is 0.0655. The summed E-state index contributed by atoms with van der Waals surface area (Å²) in [5.41, 5.74) is 2.60. The number of amides is 1. The molecule has 2 rings (SSSR count). The van der Waals surface area contributed by atoms with Gasteiger partial charge in [0, 0.05) is 36.4 Å². The molecule has 0 atom stereocenters. The molecule has 0 aliphatic carbocycles. The van der Waals surface area contributed by atoms with E-state index in [0.29, 0.717) is 6.42 Å². The second kappa shape index (κ2) is 8.11. The molecule has 1 aliphatic rings. The Morgan fingerprint density at radius 2 is 2.19 bits per heavy atom. The lowest BCUT2D eigenvalue weighted by Crippen LogP contribution is -2.33. The summed E-state index contributed by atoms with van der Waals surface area (Å²) < 4.78 is 0. The van der Waals surface area contributed by atoms with Crippen molar-refractivity contribution in [3.05, 3.63) is 34.9 Å². The highest BCUT2D eigenvalue weighted by atomic mass is 32.2. The minimum atomic E-state index is 0.0655. The summed E-state index contributed by atoms with van der Waals surface area (Å²) in [6.45, 7) is 3.70. The van der Waals surface area contributed by atoms with Crippen molar-refractivity contribution in [2.24, 2.45) is 0 Å². The van der Waals surface area contributed by atoms with Crippen LogP contribution in [0.15, 0.2) is 18.2 Å². The Bertz CT molecular complexity index is 552. The number of aliphatic hydroxyl groups is 1. The molecule has 1 saturated heterocycles. The summed E-state index contributed by atoms with van der Waals surface area (Å²) >= 11 is 1.91. The fraction of sp³-hybridized carbons (Fsp3) is 0.471. The van der Waals surface area contributed by atoms with Crippen LogP contribution in [0.4, 0.5) is 0 Å². The molecule has 0 bridgehead atoms. The highest BCUT2D eigenvalue weighted by Gasteiger charge is 2.17. The van der Waals surface area contributed by atoms with Gasteiger partial charge in [-0.05, 0) is 42.9 Å². The summed E-state index contributed by atoms with van der Waals surface area (Å²) in [6.07, 6.45) is 1.52. The maximum atomic E-state index is 12.6. The van der Waals surface area contributed by atoms with Gasteiger partial charge in [-0.2, -0.15) is 11.8 Å². The monoisotopic (exact) mass is 303 g/mol. The molecule has 0 aromatic heterocycles. The van der Waals surface area contributed by atoms with Crippen LogP contribution in [0.5, 0.6) is 0 Å². The summed E-state index contributed by atoms with van der Waals surface area (Å²) in [4.78, 5) is 14.6. The normalized spacial score (nSPS) is 15.0. The van der Waals surface area contributed by atoms with Crippen molar-refractivity contribution in [1.29, 1.82) is 0 Å². The van der Waals surface area contributed by atoms with Gasteiger partial charge < -0.3 is 10.0 Å². The number of nitrogens with zero attached hydrogens (tertiary/aromatic N) is 1. The van der Waals surface area contributed by atoms with Crippen LogP contribution in [0.2, 0.25) is 0 Å². The predicted octanol–water partition coefficient (Wildman–Crippen LogP) is 2.31. The van der Waals surface area contributed by atoms with E-state index in [2.05, 4.69) is 11.8 Å². The van der Waals surface area contributed by atoms with Crippen molar-refractivity contribution >= 4 is 17.7 Å². The van der Waals surface area contributed by atoms with Gasteiger partial charge in [-0.3, -0.25) is 4.79 Å². The number of hydrogen-bond acceptors (Lipinski definition) is 3. The van der Waals surface area contributed by atoms with Crippen molar-refractivity contribution in [2.45, 2.75) is 19.8 Å². The number of hydrogen-bond donors (Lipinski definition) is 1. The van der Waals surface area contributed by atoms with E-state index in [-0.39, 0.29) is 12.5 Å². The van der Waals surface area contributed by atoms with E-state index in [0.717, 1.165) is 47.7 Å². The second-order valence-corrected chi connectivity index (χ2v) is 6.35. The Morgan fingerprint density at radius 3 is 3.00 bits per heavy atom. The lowest BCUT2D eigenvalue weighted by atomic mass is 10.1. The van der Waals surface area contributed by atoms with Gasteiger partial charge in [0.25, 0.3) is 5.91 Å². The molecule has 0 radical (unpaired) electrons. The van der Waals surface area contributed by atoms with Crippen molar-refractivity contribution in [3.8, 4) is 11.8 Å². The molecule has 3 nitrogen and oxygen atoms in total. The van der Waals surface area contributed by atoms with Gasteiger partial charge in [-0.1, -0.05) is 11.8 Å². The van der Waals surface area contributed by atoms with E-state index in [1.54, 1.807) is 0 Å². The summed E-state index contributed by atoms with van der Waals surface area (Å²) in [5.74, 6) is 8.17. The summed E-state index contributed by atoms with van der Waals surface area (Å²) in [5, 5.41) is 8.77. The number of carbonyl (C=O) groups excluding carboxylic acids is 1. The number of aliphatic hydroxyl groups excluding tert-OH is 1. The van der Waals surface area contributed by atoms with Crippen LogP contribution in [-0.2, 0) is 0 Å². The SMILES string of the molecule is Cc1cc(C#CCCO)cc(C(=O)N2CCCSCC2)c1. The van der Waals surface area contributed by atoms with Gasteiger partial charge in [0.2, 0.25) is 0 Å². The first kappa shape index (κ1) is 15.9. The fourth-order valence-corrected chi connectivity index (χ4v) is 3.22. The van der Waals surface area contributed by atoms with E-state index < -0.39 is 0 Å². The molecular weight excluding hydrogens is 282 g/mol. The lowest BCUT2D eigenvalue weighted by molar-refractivity contribution is 0.0768. The van der Waals surface area contributed by atoms with Gasteiger partial charge in [0.05, 0.1) is 6.61 Å². The van der Waals surface area contributed by atoms with Crippen molar-refractivity contribution in [3.63, 3.8) is 0 Å². The van der Waals surface area contributed by atoms with Crippen LogP contribution in [0.25, 0.3) is 0 Å². The molecule has 1 heterocycles. The molecule has 0 spiro atoms. The van der Waals surface area contributed by atoms with Crippen LogP contribution in [0.3, 0.4) is 0 Å². The minimum Gasteiger partial charge on any atom is -0.395 e. The molecule has 4 heteroatoms. The fourth-order valence-electron chi connectivity index (χ4n) is 2.33. The molecule has 1 amide bonds. The average Bonchev–Trinajstić information content (AvgIpc) is 2.75. The molecule has 21 heavy (non-hydrogen) atoms. The Kier molecular flexibility index (Phi) is 6.16. The van der Waals surface area contributed by atoms with Crippen LogP contribution in [-0.4, -0.2) is 47.1 Å². The standard InChI is InChI=1S/C17H21NO2S/c1-14-11-15(5-2-3-8-19)13-16(12-14)17(20)18-6-4-9-21-10-7-18/h11-13,19H,3-4,6-10H2,1H3. The molecule has 0 saturated carbocycles. The van der Waals surface area contributed by atoms with E-state index in [1.807, 2.05) is 41.8 Å². The van der Waals surface area contributed by atoms with Crippen LogP contribution in [0.1, 0.15) is 34.3 Å². The summed E-state index contributed by atoms with van der Waals surface area (Å²) in [6, 6.07) is 5.76. The molecule has 112 valence electrons. The molecule has 1 aromatic rings. The Labute approximate surface area is 130 Å². The largest absolute Gasteiger partial charge is 0.395 e. The number of carbonyl (C=O) groups is 1. The molecule has 1 aromatic carbocycles. The smallest absolute Gasteiger partial charge is 0.253 e. The average molecular weight is 303 g/mol. The first-order chi connectivity index (χ1) is 10.2. The molecule has 1 N–H and O–H groups in total. The zero-order valence-corrected chi connectivity index (χ0v) is 13.2. The number of rotatable bonds is 2. The van der Waals surface area contributed by atoms with Crippen LogP contribution in [0, 0.1) is 18.8 Å². The Morgan fingerprint density at radius 1 is 1.33 bits per heavy atom. The quantitative estimate of drug-likeness (QED) is 0.852. The van der Waals surface area contributed by atoms with Gasteiger partial charge in [0.1, 0.15) is 0 Å². The number of benzene rings is 1. The molecule has 1 fully saturated rings. The highest BCUT2D eigenvalue weighted by molar-refractivity contribution is 7.99. The van der Waals surface area contributed by atoms with Gasteiger partial charge in [-0.15, -0.1) is 0 Å². The third-order valence-corrected chi connectivity index (χ3v) is 4.35. The van der Waals surface area contributed by atoms with E-state index in [4.69, 9.17) is 5.11 Å². The van der Waals surface area contributed by atoms with Crippen LogP contribution >= 0.6 is 11.8 Å². The van der Waals surface area contributed by atoms with Gasteiger partial charge >= 0.3 is 0 Å². The van der Waals surface area contributed by atoms with E-state index in [1.165, 1.54) is 0 Å². The summed E-state index contributed by atoms with van der Waals surface area (Å²) in [7, 11) is 0. The van der Waals surface area contributed by atoms with Crippen molar-refractivity contribution < 1.29 is 9.90 Å². The topological polar surface area (TPSA) is 40.5 Å². The van der Waals surface area contributed by atoms with Gasteiger partial charge in [0.15, 0.2) is 0 Å². The first-order valence-corrected chi connectivity index (χ1v) is 8.44. The zero-order valence-electron chi connectivity index (χ0n) is 12.4. The van der Waals surface area contributed by atoms with Crippen molar-refractivity contribution in [1.82, 2.24) is 4.90 Å². The van der Waals surface area contributed by atoms with E-state index in [9.17, 15) is 4.79 Å². The van der Waals surface area contributed by atoms with Crippen molar-refractivity contribution in [2.75, 3.05) is 31.2 Å². The Balaban J connectivity index is 2.18. The molecule has 1 aliphatic heterocycles.